The van der Waals surface area contributed by atoms with Gasteiger partial charge in [-0.3, -0.25) is 0 Å². The van der Waals surface area contributed by atoms with Gasteiger partial charge in [-0.2, -0.15) is 0 Å². The van der Waals surface area contributed by atoms with Gasteiger partial charge in [-0.05, 0) is 12.5 Å². The molecule has 1 N–H and O–H groups in total. The summed E-state index contributed by atoms with van der Waals surface area (Å²) in [6, 6.07) is 0. The lowest BCUT2D eigenvalue weighted by atomic mass is 10.2. The SMILES string of the molecule is C=C/C=C(\CC)N1CCNCC1. The number of nitrogens with zero attached hydrogens (tertiary/aromatic N) is 1. The lowest BCUT2D eigenvalue weighted by molar-refractivity contribution is 0.292. The van der Waals surface area contributed by atoms with Gasteiger partial charge in [0.25, 0.3) is 0 Å². The lowest BCUT2D eigenvalue weighted by Crippen LogP contribution is -2.42. The minimum absolute atomic E-state index is 1.10. The van der Waals surface area contributed by atoms with Crippen LogP contribution in [0.15, 0.2) is 24.4 Å². The highest BCUT2D eigenvalue weighted by molar-refractivity contribution is 5.09. The minimum Gasteiger partial charge on any atom is -0.372 e. The zero-order valence-corrected chi connectivity index (χ0v) is 7.84. The molecular weight excluding hydrogens is 148 g/mol. The van der Waals surface area contributed by atoms with E-state index in [1.54, 1.807) is 0 Å². The first-order chi connectivity index (χ1) is 5.88. The molecule has 2 nitrogen and oxygen atoms in total. The van der Waals surface area contributed by atoms with Gasteiger partial charge in [0, 0.05) is 31.9 Å². The average Bonchev–Trinajstić information content (AvgIpc) is 2.15. The molecule has 68 valence electrons. The van der Waals surface area contributed by atoms with Crippen LogP contribution in [0, 0.1) is 0 Å². The normalized spacial score (nSPS) is 19.4. The molecule has 1 heterocycles. The van der Waals surface area contributed by atoms with Crippen molar-refractivity contribution in [2.75, 3.05) is 26.2 Å². The fourth-order valence-electron chi connectivity index (χ4n) is 1.53. The molecule has 1 aliphatic heterocycles. The molecule has 0 spiro atoms. The second-order valence-electron chi connectivity index (χ2n) is 2.98. The van der Waals surface area contributed by atoms with Crippen molar-refractivity contribution < 1.29 is 0 Å². The van der Waals surface area contributed by atoms with E-state index in [9.17, 15) is 0 Å². The third kappa shape index (κ3) is 2.38. The Balaban J connectivity index is 2.51. The molecule has 0 bridgehead atoms. The summed E-state index contributed by atoms with van der Waals surface area (Å²) in [7, 11) is 0. The average molecular weight is 166 g/mol. The summed E-state index contributed by atoms with van der Waals surface area (Å²) in [5, 5.41) is 3.34. The Bertz CT molecular complexity index is 167. The van der Waals surface area contributed by atoms with Gasteiger partial charge in [-0.25, -0.2) is 0 Å². The zero-order chi connectivity index (χ0) is 8.81. The van der Waals surface area contributed by atoms with Gasteiger partial charge in [-0.15, -0.1) is 0 Å². The van der Waals surface area contributed by atoms with Crippen molar-refractivity contribution in [2.45, 2.75) is 13.3 Å². The van der Waals surface area contributed by atoms with E-state index in [-0.39, 0.29) is 0 Å². The van der Waals surface area contributed by atoms with Crippen LogP contribution >= 0.6 is 0 Å². The Morgan fingerprint density at radius 2 is 2.17 bits per heavy atom. The van der Waals surface area contributed by atoms with Crippen LogP contribution in [0.1, 0.15) is 13.3 Å². The van der Waals surface area contributed by atoms with Crippen LogP contribution < -0.4 is 5.32 Å². The molecule has 0 amide bonds. The molecule has 0 aromatic rings. The number of hydrogen-bond acceptors (Lipinski definition) is 2. The molecule has 1 saturated heterocycles. The van der Waals surface area contributed by atoms with E-state index in [2.05, 4.69) is 29.8 Å². The first-order valence-corrected chi connectivity index (χ1v) is 4.65. The minimum atomic E-state index is 1.10. The van der Waals surface area contributed by atoms with Gasteiger partial charge >= 0.3 is 0 Å². The molecule has 0 saturated carbocycles. The van der Waals surface area contributed by atoms with Crippen molar-refractivity contribution in [1.82, 2.24) is 10.2 Å². The fourth-order valence-corrected chi connectivity index (χ4v) is 1.53. The zero-order valence-electron chi connectivity index (χ0n) is 7.84. The van der Waals surface area contributed by atoms with E-state index in [4.69, 9.17) is 0 Å². The largest absolute Gasteiger partial charge is 0.372 e. The first-order valence-electron chi connectivity index (χ1n) is 4.65. The monoisotopic (exact) mass is 166 g/mol. The summed E-state index contributed by atoms with van der Waals surface area (Å²) >= 11 is 0. The van der Waals surface area contributed by atoms with Crippen LogP contribution in [0.5, 0.6) is 0 Å². The van der Waals surface area contributed by atoms with Gasteiger partial charge in [0.05, 0.1) is 0 Å². The smallest absolute Gasteiger partial charge is 0.0300 e. The molecule has 0 radical (unpaired) electrons. The molecule has 0 unspecified atom stereocenters. The predicted molar refractivity (Wildman–Crippen MR) is 53.0 cm³/mol. The highest BCUT2D eigenvalue weighted by atomic mass is 15.2. The van der Waals surface area contributed by atoms with Gasteiger partial charge < -0.3 is 10.2 Å². The third-order valence-electron chi connectivity index (χ3n) is 2.20. The summed E-state index contributed by atoms with van der Waals surface area (Å²) in [6.45, 7) is 10.4. The van der Waals surface area contributed by atoms with E-state index >= 15 is 0 Å². The Morgan fingerprint density at radius 1 is 1.50 bits per heavy atom. The van der Waals surface area contributed by atoms with Crippen molar-refractivity contribution >= 4 is 0 Å². The van der Waals surface area contributed by atoms with Crippen molar-refractivity contribution in [3.63, 3.8) is 0 Å². The maximum Gasteiger partial charge on any atom is 0.0300 e. The topological polar surface area (TPSA) is 15.3 Å². The number of rotatable bonds is 3. The van der Waals surface area contributed by atoms with Gasteiger partial charge in [-0.1, -0.05) is 19.6 Å². The van der Waals surface area contributed by atoms with Crippen LogP contribution in [-0.2, 0) is 0 Å². The van der Waals surface area contributed by atoms with Crippen LogP contribution in [-0.4, -0.2) is 31.1 Å². The van der Waals surface area contributed by atoms with E-state index < -0.39 is 0 Å². The quantitative estimate of drug-likeness (QED) is 0.637. The van der Waals surface area contributed by atoms with E-state index in [0.717, 1.165) is 32.6 Å². The van der Waals surface area contributed by atoms with Gasteiger partial charge in [0.15, 0.2) is 0 Å². The molecule has 1 aliphatic rings. The van der Waals surface area contributed by atoms with E-state index in [0.29, 0.717) is 0 Å². The van der Waals surface area contributed by atoms with Gasteiger partial charge in [0.2, 0.25) is 0 Å². The van der Waals surface area contributed by atoms with Crippen molar-refractivity contribution in [2.24, 2.45) is 0 Å². The Hall–Kier alpha value is -0.760. The van der Waals surface area contributed by atoms with Crippen molar-refractivity contribution in [3.8, 4) is 0 Å². The molecule has 1 rings (SSSR count). The van der Waals surface area contributed by atoms with Crippen molar-refractivity contribution in [3.05, 3.63) is 24.4 Å². The van der Waals surface area contributed by atoms with Crippen LogP contribution in [0.4, 0.5) is 0 Å². The molecule has 0 aromatic carbocycles. The van der Waals surface area contributed by atoms with Crippen molar-refractivity contribution in [1.29, 1.82) is 0 Å². The summed E-state index contributed by atoms with van der Waals surface area (Å²) in [5.41, 5.74) is 1.41. The van der Waals surface area contributed by atoms with Crippen LogP contribution in [0.25, 0.3) is 0 Å². The molecule has 0 aromatic heterocycles. The molecule has 12 heavy (non-hydrogen) atoms. The summed E-state index contributed by atoms with van der Waals surface area (Å²) in [4.78, 5) is 2.43. The fraction of sp³-hybridized carbons (Fsp3) is 0.600. The summed E-state index contributed by atoms with van der Waals surface area (Å²) in [5.74, 6) is 0. The third-order valence-corrected chi connectivity index (χ3v) is 2.20. The standard InChI is InChI=1S/C10H18N2/c1-3-5-10(4-2)12-8-6-11-7-9-12/h3,5,11H,1,4,6-9H2,2H3/b10-5+. The van der Waals surface area contributed by atoms with Crippen LogP contribution in [0.3, 0.4) is 0 Å². The van der Waals surface area contributed by atoms with E-state index in [1.165, 1.54) is 5.70 Å². The summed E-state index contributed by atoms with van der Waals surface area (Å²) in [6.07, 6.45) is 5.10. The first kappa shape index (κ1) is 9.33. The number of nitrogens with one attached hydrogen (secondary N) is 1. The number of hydrogen-bond donors (Lipinski definition) is 1. The predicted octanol–water partition coefficient (Wildman–Crippen LogP) is 1.37. The maximum atomic E-state index is 3.72. The number of piperazine rings is 1. The highest BCUT2D eigenvalue weighted by Gasteiger charge is 2.09. The van der Waals surface area contributed by atoms with E-state index in [1.807, 2.05) is 6.08 Å². The molecular formula is C10H18N2. The molecule has 0 aliphatic carbocycles. The molecule has 1 fully saturated rings. The Kier molecular flexibility index (Phi) is 3.88. The second-order valence-corrected chi connectivity index (χ2v) is 2.98. The van der Waals surface area contributed by atoms with Crippen LogP contribution in [0.2, 0.25) is 0 Å². The Morgan fingerprint density at radius 3 is 2.67 bits per heavy atom. The molecule has 0 atom stereocenters. The maximum absolute atomic E-state index is 3.72. The summed E-state index contributed by atoms with van der Waals surface area (Å²) < 4.78 is 0. The van der Waals surface area contributed by atoms with Gasteiger partial charge in [0.1, 0.15) is 0 Å². The lowest BCUT2D eigenvalue weighted by Gasteiger charge is -2.31. The molecule has 2 heteroatoms. The Labute approximate surface area is 74.9 Å². The highest BCUT2D eigenvalue weighted by Crippen LogP contribution is 2.09. The second kappa shape index (κ2) is 4.99. The number of allylic oxidation sites excluding steroid dienone is 3.